The molecule has 0 heterocycles. The van der Waals surface area contributed by atoms with E-state index in [0.717, 1.165) is 23.6 Å². The summed E-state index contributed by atoms with van der Waals surface area (Å²) in [6, 6.07) is 6.08. The molecule has 0 radical (unpaired) electrons. The molecule has 0 aromatic heterocycles. The average Bonchev–Trinajstić information content (AvgIpc) is 2.42. The van der Waals surface area contributed by atoms with E-state index in [0.29, 0.717) is 6.61 Å². The second-order valence-electron chi connectivity index (χ2n) is 4.70. The van der Waals surface area contributed by atoms with Crippen LogP contribution >= 0.6 is 0 Å². The van der Waals surface area contributed by atoms with Crippen molar-refractivity contribution in [1.82, 2.24) is 5.32 Å². The van der Waals surface area contributed by atoms with Crippen LogP contribution in [0.3, 0.4) is 0 Å². The summed E-state index contributed by atoms with van der Waals surface area (Å²) in [7, 11) is 3.33. The Morgan fingerprint density at radius 1 is 1.11 bits per heavy atom. The van der Waals surface area contributed by atoms with Crippen LogP contribution in [0.15, 0.2) is 18.2 Å². The minimum absolute atomic E-state index is 0.205. The highest BCUT2D eigenvalue weighted by atomic mass is 16.5. The van der Waals surface area contributed by atoms with Gasteiger partial charge >= 0.3 is 0 Å². The van der Waals surface area contributed by atoms with Crippen LogP contribution in [0.4, 0.5) is 0 Å². The molecule has 0 amide bonds. The van der Waals surface area contributed by atoms with Crippen molar-refractivity contribution >= 4 is 0 Å². The van der Waals surface area contributed by atoms with Gasteiger partial charge in [-0.1, -0.05) is 6.07 Å². The third-order valence-corrected chi connectivity index (χ3v) is 2.91. The van der Waals surface area contributed by atoms with Crippen molar-refractivity contribution in [3.05, 3.63) is 23.8 Å². The lowest BCUT2D eigenvalue weighted by atomic mass is 10.1. The molecule has 1 aromatic rings. The van der Waals surface area contributed by atoms with Crippen molar-refractivity contribution in [3.8, 4) is 11.5 Å². The van der Waals surface area contributed by atoms with Crippen molar-refractivity contribution < 1.29 is 14.2 Å². The molecule has 0 aliphatic rings. The van der Waals surface area contributed by atoms with Crippen LogP contribution in [0, 0.1) is 0 Å². The molecule has 4 heteroatoms. The second-order valence-corrected chi connectivity index (χ2v) is 4.70. The number of hydrogen-bond acceptors (Lipinski definition) is 4. The molecular formula is C15H25NO3. The van der Waals surface area contributed by atoms with Crippen LogP contribution in [0.2, 0.25) is 0 Å². The third kappa shape index (κ3) is 5.09. The summed E-state index contributed by atoms with van der Waals surface area (Å²) in [5.41, 5.74) is 1.12. The van der Waals surface area contributed by atoms with Gasteiger partial charge < -0.3 is 19.5 Å². The van der Waals surface area contributed by atoms with Gasteiger partial charge in [0.2, 0.25) is 0 Å². The van der Waals surface area contributed by atoms with E-state index < -0.39 is 0 Å². The third-order valence-electron chi connectivity index (χ3n) is 2.91. The zero-order valence-corrected chi connectivity index (χ0v) is 12.5. The number of methoxy groups -OCH3 is 2. The van der Waals surface area contributed by atoms with Crippen molar-refractivity contribution in [1.29, 1.82) is 0 Å². The SMILES string of the molecule is COc1ccc(C(C)NCCOC(C)C)c(OC)c1. The summed E-state index contributed by atoms with van der Waals surface area (Å²) in [6.45, 7) is 7.71. The van der Waals surface area contributed by atoms with E-state index in [1.807, 2.05) is 32.0 Å². The van der Waals surface area contributed by atoms with Crippen LogP contribution in [-0.2, 0) is 4.74 Å². The second kappa shape index (κ2) is 8.02. The molecule has 0 fully saturated rings. The van der Waals surface area contributed by atoms with Gasteiger partial charge in [0.25, 0.3) is 0 Å². The number of benzene rings is 1. The Hall–Kier alpha value is -1.26. The zero-order valence-electron chi connectivity index (χ0n) is 12.5. The fraction of sp³-hybridized carbons (Fsp3) is 0.600. The van der Waals surface area contributed by atoms with E-state index in [9.17, 15) is 0 Å². The topological polar surface area (TPSA) is 39.7 Å². The molecular weight excluding hydrogens is 242 g/mol. The van der Waals surface area contributed by atoms with E-state index >= 15 is 0 Å². The summed E-state index contributed by atoms with van der Waals surface area (Å²) in [5.74, 6) is 1.64. The van der Waals surface area contributed by atoms with Gasteiger partial charge in [-0.15, -0.1) is 0 Å². The van der Waals surface area contributed by atoms with Crippen LogP contribution in [0.5, 0.6) is 11.5 Å². The van der Waals surface area contributed by atoms with Crippen molar-refractivity contribution in [3.63, 3.8) is 0 Å². The van der Waals surface area contributed by atoms with Gasteiger partial charge in [0, 0.05) is 24.2 Å². The first-order valence-corrected chi connectivity index (χ1v) is 6.65. The maximum absolute atomic E-state index is 5.51. The van der Waals surface area contributed by atoms with E-state index in [1.54, 1.807) is 14.2 Å². The quantitative estimate of drug-likeness (QED) is 0.735. The first-order valence-electron chi connectivity index (χ1n) is 6.65. The van der Waals surface area contributed by atoms with Crippen LogP contribution in [0.1, 0.15) is 32.4 Å². The smallest absolute Gasteiger partial charge is 0.127 e. The van der Waals surface area contributed by atoms with E-state index in [1.165, 1.54) is 0 Å². The molecule has 0 bridgehead atoms. The molecule has 1 unspecified atom stereocenters. The Balaban J connectivity index is 2.58. The van der Waals surface area contributed by atoms with Crippen LogP contribution < -0.4 is 14.8 Å². The lowest BCUT2D eigenvalue weighted by Crippen LogP contribution is -2.24. The fourth-order valence-corrected chi connectivity index (χ4v) is 1.86. The molecule has 0 saturated carbocycles. The Labute approximate surface area is 116 Å². The molecule has 1 aromatic carbocycles. The van der Waals surface area contributed by atoms with Crippen molar-refractivity contribution in [2.24, 2.45) is 0 Å². The van der Waals surface area contributed by atoms with Crippen LogP contribution in [0.25, 0.3) is 0 Å². The monoisotopic (exact) mass is 267 g/mol. The number of rotatable bonds is 8. The molecule has 1 rings (SSSR count). The largest absolute Gasteiger partial charge is 0.497 e. The van der Waals surface area contributed by atoms with Gasteiger partial charge in [0.1, 0.15) is 11.5 Å². The van der Waals surface area contributed by atoms with E-state index in [2.05, 4.69) is 12.2 Å². The van der Waals surface area contributed by atoms with Crippen molar-refractivity contribution in [2.75, 3.05) is 27.4 Å². The predicted molar refractivity (Wildman–Crippen MR) is 77.1 cm³/mol. The molecule has 4 nitrogen and oxygen atoms in total. The lowest BCUT2D eigenvalue weighted by molar-refractivity contribution is 0.0796. The highest BCUT2D eigenvalue weighted by Gasteiger charge is 2.11. The highest BCUT2D eigenvalue weighted by Crippen LogP contribution is 2.29. The fourth-order valence-electron chi connectivity index (χ4n) is 1.86. The van der Waals surface area contributed by atoms with Crippen molar-refractivity contribution in [2.45, 2.75) is 32.9 Å². The maximum Gasteiger partial charge on any atom is 0.127 e. The number of nitrogens with one attached hydrogen (secondary N) is 1. The Morgan fingerprint density at radius 2 is 1.84 bits per heavy atom. The molecule has 1 atom stereocenters. The van der Waals surface area contributed by atoms with Gasteiger partial charge in [-0.2, -0.15) is 0 Å². The zero-order chi connectivity index (χ0) is 14.3. The summed E-state index contributed by atoms with van der Waals surface area (Å²) in [5, 5.41) is 3.42. The number of ether oxygens (including phenoxy) is 3. The Kier molecular flexibility index (Phi) is 6.67. The molecule has 19 heavy (non-hydrogen) atoms. The van der Waals surface area contributed by atoms with E-state index in [4.69, 9.17) is 14.2 Å². The van der Waals surface area contributed by atoms with Crippen LogP contribution in [-0.4, -0.2) is 33.5 Å². The molecule has 1 N–H and O–H groups in total. The van der Waals surface area contributed by atoms with Gasteiger partial charge in [-0.05, 0) is 26.8 Å². The standard InChI is InChI=1S/C15H25NO3/c1-11(2)19-9-8-16-12(3)14-7-6-13(17-4)10-15(14)18-5/h6-7,10-12,16H,8-9H2,1-5H3. The molecule has 108 valence electrons. The molecule has 0 saturated heterocycles. The summed E-state index contributed by atoms with van der Waals surface area (Å²) >= 11 is 0. The minimum Gasteiger partial charge on any atom is -0.497 e. The normalized spacial score (nSPS) is 12.5. The number of hydrogen-bond donors (Lipinski definition) is 1. The molecule has 0 spiro atoms. The highest BCUT2D eigenvalue weighted by molar-refractivity contribution is 5.42. The van der Waals surface area contributed by atoms with Gasteiger partial charge in [-0.25, -0.2) is 0 Å². The molecule has 0 aliphatic heterocycles. The van der Waals surface area contributed by atoms with Gasteiger partial charge in [-0.3, -0.25) is 0 Å². The Morgan fingerprint density at radius 3 is 2.42 bits per heavy atom. The summed E-state index contributed by atoms with van der Waals surface area (Å²) < 4.78 is 16.1. The summed E-state index contributed by atoms with van der Waals surface area (Å²) in [4.78, 5) is 0. The van der Waals surface area contributed by atoms with Gasteiger partial charge in [0.15, 0.2) is 0 Å². The van der Waals surface area contributed by atoms with Gasteiger partial charge in [0.05, 0.1) is 26.9 Å². The maximum atomic E-state index is 5.51. The Bertz CT molecular complexity index is 380. The minimum atomic E-state index is 0.205. The first-order chi connectivity index (χ1) is 9.08. The predicted octanol–water partition coefficient (Wildman–Crippen LogP) is 2.78. The lowest BCUT2D eigenvalue weighted by Gasteiger charge is -2.18. The van der Waals surface area contributed by atoms with E-state index in [-0.39, 0.29) is 12.1 Å². The average molecular weight is 267 g/mol. The molecule has 0 aliphatic carbocycles. The first kappa shape index (κ1) is 15.8. The summed E-state index contributed by atoms with van der Waals surface area (Å²) in [6.07, 6.45) is 0.271.